The van der Waals surface area contributed by atoms with E-state index < -0.39 is 0 Å². The fourth-order valence-electron chi connectivity index (χ4n) is 3.26. The van der Waals surface area contributed by atoms with E-state index in [-0.39, 0.29) is 11.7 Å². The third-order valence-electron chi connectivity index (χ3n) is 4.72. The molecule has 1 heterocycles. The molecule has 1 fully saturated rings. The summed E-state index contributed by atoms with van der Waals surface area (Å²) in [5.74, 6) is 0.224. The number of hydrogen-bond donors (Lipinski definition) is 2. The van der Waals surface area contributed by atoms with E-state index in [2.05, 4.69) is 20.6 Å². The van der Waals surface area contributed by atoms with Gasteiger partial charge in [0, 0.05) is 18.7 Å². The number of aromatic nitrogens is 2. The molecule has 3 rings (SSSR count). The Morgan fingerprint density at radius 2 is 1.81 bits per heavy atom. The zero-order chi connectivity index (χ0) is 18.2. The number of rotatable bonds is 6. The number of anilines is 1. The Kier molecular flexibility index (Phi) is 6.52. The Morgan fingerprint density at radius 3 is 2.54 bits per heavy atom. The molecule has 6 heteroatoms. The molecule has 1 aliphatic rings. The molecule has 0 unspecified atom stereocenters. The zero-order valence-corrected chi connectivity index (χ0v) is 14.9. The van der Waals surface area contributed by atoms with E-state index in [0.717, 1.165) is 18.4 Å². The Bertz CT molecular complexity index is 712. The summed E-state index contributed by atoms with van der Waals surface area (Å²) in [6, 6.07) is 8.42. The quantitative estimate of drug-likeness (QED) is 0.774. The van der Waals surface area contributed by atoms with Crippen LogP contribution in [-0.2, 0) is 6.42 Å². The van der Waals surface area contributed by atoms with Gasteiger partial charge in [-0.1, -0.05) is 37.8 Å². The fraction of sp³-hybridized carbons (Fsp3) is 0.450. The van der Waals surface area contributed by atoms with Crippen LogP contribution in [0.1, 0.15) is 54.6 Å². The number of carbonyl (C=O) groups is 1. The first-order valence-electron chi connectivity index (χ1n) is 9.32. The SMILES string of the molecule is O=C(NCCc1ccc(F)cc1)c1cc(NC2CCCCCC2)ncn1. The lowest BCUT2D eigenvalue weighted by atomic mass is 10.1. The summed E-state index contributed by atoms with van der Waals surface area (Å²) in [4.78, 5) is 20.6. The third kappa shape index (κ3) is 5.51. The predicted octanol–water partition coefficient (Wildman–Crippen LogP) is 3.72. The van der Waals surface area contributed by atoms with Crippen molar-refractivity contribution in [3.63, 3.8) is 0 Å². The molecular formula is C20H25FN4O. The van der Waals surface area contributed by atoms with E-state index in [1.165, 1.54) is 44.1 Å². The molecule has 1 aliphatic carbocycles. The van der Waals surface area contributed by atoms with Crippen molar-refractivity contribution < 1.29 is 9.18 Å². The first-order valence-corrected chi connectivity index (χ1v) is 9.32. The Morgan fingerprint density at radius 1 is 1.08 bits per heavy atom. The number of nitrogens with one attached hydrogen (secondary N) is 2. The van der Waals surface area contributed by atoms with Gasteiger partial charge in [0.05, 0.1) is 0 Å². The van der Waals surface area contributed by atoms with Gasteiger partial charge < -0.3 is 10.6 Å². The standard InChI is InChI=1S/C20H25FN4O/c21-16-9-7-15(8-10-16)11-12-22-20(26)18-13-19(24-14-23-18)25-17-5-3-1-2-4-6-17/h7-10,13-14,17H,1-6,11-12H2,(H,22,26)(H,23,24,25). The summed E-state index contributed by atoms with van der Waals surface area (Å²) >= 11 is 0. The molecule has 1 amide bonds. The van der Waals surface area contributed by atoms with Gasteiger partial charge in [-0.25, -0.2) is 14.4 Å². The first kappa shape index (κ1) is 18.3. The van der Waals surface area contributed by atoms with Crippen LogP contribution in [0.2, 0.25) is 0 Å². The maximum absolute atomic E-state index is 12.9. The van der Waals surface area contributed by atoms with Crippen molar-refractivity contribution in [2.45, 2.75) is 51.0 Å². The minimum atomic E-state index is -0.257. The minimum Gasteiger partial charge on any atom is -0.367 e. The highest BCUT2D eigenvalue weighted by Crippen LogP contribution is 2.20. The molecule has 1 aromatic carbocycles. The Balaban J connectivity index is 1.51. The van der Waals surface area contributed by atoms with Gasteiger partial charge in [-0.2, -0.15) is 0 Å². The molecule has 1 aromatic heterocycles. The predicted molar refractivity (Wildman–Crippen MR) is 99.6 cm³/mol. The van der Waals surface area contributed by atoms with Crippen LogP contribution in [-0.4, -0.2) is 28.5 Å². The van der Waals surface area contributed by atoms with Gasteiger partial charge in [-0.3, -0.25) is 4.79 Å². The number of hydrogen-bond acceptors (Lipinski definition) is 4. The molecule has 138 valence electrons. The second kappa shape index (κ2) is 9.27. The van der Waals surface area contributed by atoms with E-state index in [4.69, 9.17) is 0 Å². The average molecular weight is 356 g/mol. The topological polar surface area (TPSA) is 66.9 Å². The van der Waals surface area contributed by atoms with Gasteiger partial charge in [-0.15, -0.1) is 0 Å². The van der Waals surface area contributed by atoms with Crippen LogP contribution < -0.4 is 10.6 Å². The maximum atomic E-state index is 12.9. The molecule has 0 spiro atoms. The summed E-state index contributed by atoms with van der Waals surface area (Å²) in [5.41, 5.74) is 1.33. The van der Waals surface area contributed by atoms with Gasteiger partial charge in [0.1, 0.15) is 23.7 Å². The van der Waals surface area contributed by atoms with Crippen molar-refractivity contribution in [2.75, 3.05) is 11.9 Å². The van der Waals surface area contributed by atoms with Gasteiger partial charge >= 0.3 is 0 Å². The van der Waals surface area contributed by atoms with Crippen LogP contribution in [0.4, 0.5) is 10.2 Å². The monoisotopic (exact) mass is 356 g/mol. The van der Waals surface area contributed by atoms with E-state index >= 15 is 0 Å². The van der Waals surface area contributed by atoms with Crippen LogP contribution in [0.15, 0.2) is 36.7 Å². The van der Waals surface area contributed by atoms with Gasteiger partial charge in [0.25, 0.3) is 5.91 Å². The first-order chi connectivity index (χ1) is 12.7. The molecule has 0 radical (unpaired) electrons. The van der Waals surface area contributed by atoms with Gasteiger partial charge in [0.2, 0.25) is 0 Å². The molecular weight excluding hydrogens is 331 g/mol. The number of nitrogens with zero attached hydrogens (tertiary/aromatic N) is 2. The zero-order valence-electron chi connectivity index (χ0n) is 14.9. The molecule has 26 heavy (non-hydrogen) atoms. The number of benzene rings is 1. The van der Waals surface area contributed by atoms with Gasteiger partial charge in [0.15, 0.2) is 0 Å². The van der Waals surface area contributed by atoms with Crippen LogP contribution in [0.5, 0.6) is 0 Å². The van der Waals surface area contributed by atoms with Gasteiger partial charge in [-0.05, 0) is 37.0 Å². The molecule has 0 saturated heterocycles. The van der Waals surface area contributed by atoms with Crippen LogP contribution in [0.25, 0.3) is 0 Å². The molecule has 1 saturated carbocycles. The van der Waals surface area contributed by atoms with E-state index in [0.29, 0.717) is 30.5 Å². The smallest absolute Gasteiger partial charge is 0.270 e. The second-order valence-corrected chi connectivity index (χ2v) is 6.75. The van der Waals surface area contributed by atoms with Crippen molar-refractivity contribution in [3.8, 4) is 0 Å². The lowest BCUT2D eigenvalue weighted by molar-refractivity contribution is 0.0949. The van der Waals surface area contributed by atoms with Crippen molar-refractivity contribution in [3.05, 3.63) is 53.7 Å². The minimum absolute atomic E-state index is 0.224. The van der Waals surface area contributed by atoms with Crippen LogP contribution in [0.3, 0.4) is 0 Å². The summed E-state index contributed by atoms with van der Waals surface area (Å²) in [6.45, 7) is 0.472. The normalized spacial score (nSPS) is 15.3. The maximum Gasteiger partial charge on any atom is 0.270 e. The Labute approximate surface area is 153 Å². The molecule has 5 nitrogen and oxygen atoms in total. The van der Waals surface area contributed by atoms with Crippen molar-refractivity contribution in [1.82, 2.24) is 15.3 Å². The molecule has 2 aromatic rings. The van der Waals surface area contributed by atoms with E-state index in [1.54, 1.807) is 18.2 Å². The van der Waals surface area contributed by atoms with Crippen molar-refractivity contribution >= 4 is 11.7 Å². The number of halogens is 1. The highest BCUT2D eigenvalue weighted by Gasteiger charge is 2.14. The number of amides is 1. The molecule has 0 bridgehead atoms. The van der Waals surface area contributed by atoms with Crippen molar-refractivity contribution in [2.24, 2.45) is 0 Å². The lowest BCUT2D eigenvalue weighted by Gasteiger charge is -2.17. The van der Waals surface area contributed by atoms with E-state index in [9.17, 15) is 9.18 Å². The highest BCUT2D eigenvalue weighted by molar-refractivity contribution is 5.92. The second-order valence-electron chi connectivity index (χ2n) is 6.75. The molecule has 0 atom stereocenters. The summed E-state index contributed by atoms with van der Waals surface area (Å²) in [5, 5.41) is 6.29. The van der Waals surface area contributed by atoms with Crippen LogP contribution >= 0.6 is 0 Å². The number of carbonyl (C=O) groups excluding carboxylic acids is 1. The summed E-state index contributed by atoms with van der Waals surface area (Å²) in [7, 11) is 0. The average Bonchev–Trinajstić information content (AvgIpc) is 2.92. The fourth-order valence-corrected chi connectivity index (χ4v) is 3.26. The third-order valence-corrected chi connectivity index (χ3v) is 4.72. The molecule has 0 aliphatic heterocycles. The largest absolute Gasteiger partial charge is 0.367 e. The van der Waals surface area contributed by atoms with Crippen LogP contribution in [0, 0.1) is 5.82 Å². The van der Waals surface area contributed by atoms with Crippen molar-refractivity contribution in [1.29, 1.82) is 0 Å². The lowest BCUT2D eigenvalue weighted by Crippen LogP contribution is -2.27. The highest BCUT2D eigenvalue weighted by atomic mass is 19.1. The van der Waals surface area contributed by atoms with E-state index in [1.807, 2.05) is 0 Å². The summed E-state index contributed by atoms with van der Waals surface area (Å²) < 4.78 is 12.9. The molecule has 2 N–H and O–H groups in total. The Hall–Kier alpha value is -2.50. The summed E-state index contributed by atoms with van der Waals surface area (Å²) in [6.07, 6.45) is 9.41.